The van der Waals surface area contributed by atoms with Gasteiger partial charge in [-0.2, -0.15) is 5.10 Å². The Kier molecular flexibility index (Phi) is 3.27. The van der Waals surface area contributed by atoms with Crippen molar-refractivity contribution in [3.63, 3.8) is 0 Å². The minimum atomic E-state index is -0.146. The fourth-order valence-corrected chi connectivity index (χ4v) is 3.25. The summed E-state index contributed by atoms with van der Waals surface area (Å²) in [5.41, 5.74) is 9.69. The lowest BCUT2D eigenvalue weighted by Crippen LogP contribution is -2.41. The van der Waals surface area contributed by atoms with Crippen LogP contribution in [0.2, 0.25) is 0 Å². The van der Waals surface area contributed by atoms with Crippen LogP contribution in [0.15, 0.2) is 0 Å². The van der Waals surface area contributed by atoms with Crippen molar-refractivity contribution >= 4 is 0 Å². The van der Waals surface area contributed by atoms with E-state index < -0.39 is 0 Å². The van der Waals surface area contributed by atoms with Crippen LogP contribution < -0.4 is 5.73 Å². The third-order valence-corrected chi connectivity index (χ3v) is 4.34. The Morgan fingerprint density at radius 3 is 2.41 bits per heavy atom. The van der Waals surface area contributed by atoms with Crippen molar-refractivity contribution in [2.75, 3.05) is 6.54 Å². The molecule has 0 unspecified atom stereocenters. The first kappa shape index (κ1) is 12.6. The molecule has 3 N–H and O–H groups in total. The third-order valence-electron chi connectivity index (χ3n) is 4.34. The number of nitrogens with two attached hydrogens (primary N) is 1. The maximum absolute atomic E-state index is 9.67. The van der Waals surface area contributed by atoms with E-state index in [0.29, 0.717) is 6.54 Å². The Morgan fingerprint density at radius 2 is 2.00 bits per heavy atom. The lowest BCUT2D eigenvalue weighted by atomic mass is 9.68. The number of aliphatic hydroxyl groups is 1. The zero-order valence-corrected chi connectivity index (χ0v) is 11.0. The maximum atomic E-state index is 9.67. The second-order valence-electron chi connectivity index (χ2n) is 5.39. The average Bonchev–Trinajstić information content (AvgIpc) is 2.56. The zero-order chi connectivity index (χ0) is 12.6. The van der Waals surface area contributed by atoms with Crippen molar-refractivity contribution in [1.82, 2.24) is 9.78 Å². The summed E-state index contributed by atoms with van der Waals surface area (Å²) in [6.07, 6.45) is 3.50. The summed E-state index contributed by atoms with van der Waals surface area (Å²) in [5, 5.41) is 14.2. The molecule has 0 aliphatic heterocycles. The fourth-order valence-electron chi connectivity index (χ4n) is 3.25. The molecular formula is C13H23N3O. The van der Waals surface area contributed by atoms with Crippen LogP contribution in [0.3, 0.4) is 0 Å². The van der Waals surface area contributed by atoms with Gasteiger partial charge in [-0.3, -0.25) is 4.68 Å². The van der Waals surface area contributed by atoms with Gasteiger partial charge in [0.1, 0.15) is 0 Å². The van der Waals surface area contributed by atoms with E-state index in [2.05, 4.69) is 18.9 Å². The van der Waals surface area contributed by atoms with Crippen LogP contribution >= 0.6 is 0 Å². The molecule has 17 heavy (non-hydrogen) atoms. The lowest BCUT2D eigenvalue weighted by molar-refractivity contribution is 0.0970. The van der Waals surface area contributed by atoms with Gasteiger partial charge in [0.15, 0.2) is 0 Å². The van der Waals surface area contributed by atoms with Gasteiger partial charge in [0.25, 0.3) is 0 Å². The highest BCUT2D eigenvalue weighted by molar-refractivity contribution is 5.34. The van der Waals surface area contributed by atoms with Crippen LogP contribution in [-0.4, -0.2) is 27.5 Å². The second kappa shape index (κ2) is 4.42. The first-order chi connectivity index (χ1) is 8.00. The molecule has 1 aromatic heterocycles. The minimum Gasteiger partial charge on any atom is -0.393 e. The van der Waals surface area contributed by atoms with Gasteiger partial charge in [0.05, 0.1) is 11.8 Å². The van der Waals surface area contributed by atoms with Crippen LogP contribution in [0.5, 0.6) is 0 Å². The molecule has 1 aliphatic carbocycles. The molecule has 1 heterocycles. The molecule has 0 saturated heterocycles. The van der Waals surface area contributed by atoms with Crippen molar-refractivity contribution in [2.45, 2.75) is 51.0 Å². The number of aryl methyl sites for hydroxylation is 2. The van der Waals surface area contributed by atoms with Crippen molar-refractivity contribution in [3.05, 3.63) is 17.0 Å². The van der Waals surface area contributed by atoms with E-state index in [9.17, 15) is 5.11 Å². The van der Waals surface area contributed by atoms with E-state index in [-0.39, 0.29) is 11.5 Å². The summed E-state index contributed by atoms with van der Waals surface area (Å²) in [4.78, 5) is 0. The van der Waals surface area contributed by atoms with Gasteiger partial charge in [0.2, 0.25) is 0 Å². The van der Waals surface area contributed by atoms with E-state index in [0.717, 1.165) is 31.4 Å². The molecule has 0 amide bonds. The first-order valence-corrected chi connectivity index (χ1v) is 6.39. The van der Waals surface area contributed by atoms with Gasteiger partial charge in [-0.25, -0.2) is 0 Å². The van der Waals surface area contributed by atoms with Gasteiger partial charge in [-0.05, 0) is 39.5 Å². The molecule has 0 aromatic carbocycles. The Hall–Kier alpha value is -0.870. The predicted octanol–water partition coefficient (Wildman–Crippen LogP) is 1.17. The van der Waals surface area contributed by atoms with E-state index in [4.69, 9.17) is 5.73 Å². The van der Waals surface area contributed by atoms with E-state index in [1.807, 2.05) is 11.7 Å². The number of aliphatic hydroxyl groups excluding tert-OH is 1. The van der Waals surface area contributed by atoms with Crippen molar-refractivity contribution in [3.8, 4) is 0 Å². The fraction of sp³-hybridized carbons (Fsp3) is 0.769. The van der Waals surface area contributed by atoms with Gasteiger partial charge in [-0.1, -0.05) is 0 Å². The molecule has 1 saturated carbocycles. The van der Waals surface area contributed by atoms with E-state index in [1.165, 1.54) is 11.3 Å². The number of nitrogens with zero attached hydrogens (tertiary/aromatic N) is 2. The number of hydrogen-bond acceptors (Lipinski definition) is 3. The molecular weight excluding hydrogens is 214 g/mol. The average molecular weight is 237 g/mol. The van der Waals surface area contributed by atoms with Crippen molar-refractivity contribution < 1.29 is 5.11 Å². The maximum Gasteiger partial charge on any atom is 0.0634 e. The Balaban J connectivity index is 2.41. The highest BCUT2D eigenvalue weighted by Gasteiger charge is 2.38. The molecule has 0 atom stereocenters. The summed E-state index contributed by atoms with van der Waals surface area (Å²) in [6.45, 7) is 4.82. The van der Waals surface area contributed by atoms with Crippen LogP contribution in [0.4, 0.5) is 0 Å². The Morgan fingerprint density at radius 1 is 1.41 bits per heavy atom. The summed E-state index contributed by atoms with van der Waals surface area (Å²) in [6, 6.07) is 0. The SMILES string of the molecule is Cc1nn(C)c(C)c1C1(CN)CCC(O)CC1. The van der Waals surface area contributed by atoms with Crippen molar-refractivity contribution in [1.29, 1.82) is 0 Å². The normalized spacial score (nSPS) is 29.6. The predicted molar refractivity (Wildman–Crippen MR) is 67.9 cm³/mol. The molecule has 4 nitrogen and oxygen atoms in total. The highest BCUT2D eigenvalue weighted by atomic mass is 16.3. The van der Waals surface area contributed by atoms with Crippen LogP contribution in [0.25, 0.3) is 0 Å². The van der Waals surface area contributed by atoms with Gasteiger partial charge in [0, 0.05) is 30.3 Å². The molecule has 4 heteroatoms. The summed E-state index contributed by atoms with van der Waals surface area (Å²) >= 11 is 0. The van der Waals surface area contributed by atoms with Gasteiger partial charge in [-0.15, -0.1) is 0 Å². The number of hydrogen-bond donors (Lipinski definition) is 2. The number of aromatic nitrogens is 2. The molecule has 1 aliphatic rings. The van der Waals surface area contributed by atoms with Gasteiger partial charge >= 0.3 is 0 Å². The molecule has 0 radical (unpaired) electrons. The molecule has 2 rings (SSSR count). The summed E-state index contributed by atoms with van der Waals surface area (Å²) < 4.78 is 1.94. The Bertz CT molecular complexity index is 403. The largest absolute Gasteiger partial charge is 0.393 e. The summed E-state index contributed by atoms with van der Waals surface area (Å²) in [5.74, 6) is 0. The highest BCUT2D eigenvalue weighted by Crippen LogP contribution is 2.41. The van der Waals surface area contributed by atoms with Crippen LogP contribution in [0.1, 0.15) is 42.6 Å². The van der Waals surface area contributed by atoms with Crippen molar-refractivity contribution in [2.24, 2.45) is 12.8 Å². The molecule has 1 fully saturated rings. The monoisotopic (exact) mass is 237 g/mol. The molecule has 1 aromatic rings. The topological polar surface area (TPSA) is 64.1 Å². The smallest absolute Gasteiger partial charge is 0.0634 e. The van der Waals surface area contributed by atoms with Crippen LogP contribution in [0, 0.1) is 13.8 Å². The van der Waals surface area contributed by atoms with Crippen LogP contribution in [-0.2, 0) is 12.5 Å². The molecule has 0 spiro atoms. The van der Waals surface area contributed by atoms with E-state index >= 15 is 0 Å². The summed E-state index contributed by atoms with van der Waals surface area (Å²) in [7, 11) is 1.98. The zero-order valence-electron chi connectivity index (χ0n) is 11.0. The second-order valence-corrected chi connectivity index (χ2v) is 5.39. The quantitative estimate of drug-likeness (QED) is 0.811. The first-order valence-electron chi connectivity index (χ1n) is 6.39. The standard InChI is InChI=1S/C13H23N3O/c1-9-12(10(2)16(3)15-9)13(8-14)6-4-11(17)5-7-13/h11,17H,4-8,14H2,1-3H3. The lowest BCUT2D eigenvalue weighted by Gasteiger charge is -2.38. The van der Waals surface area contributed by atoms with Gasteiger partial charge < -0.3 is 10.8 Å². The van der Waals surface area contributed by atoms with E-state index in [1.54, 1.807) is 0 Å². The third kappa shape index (κ3) is 2.00. The minimum absolute atomic E-state index is 0.0294. The molecule has 96 valence electrons. The Labute approximate surface area is 103 Å². The molecule has 0 bridgehead atoms. The number of rotatable bonds is 2.